The molecule has 8 heteroatoms. The summed E-state index contributed by atoms with van der Waals surface area (Å²) >= 11 is 5.98. The molecule has 0 aliphatic carbocycles. The van der Waals surface area contributed by atoms with E-state index in [-0.39, 0.29) is 30.6 Å². The van der Waals surface area contributed by atoms with Gasteiger partial charge in [-0.2, -0.15) is 0 Å². The lowest BCUT2D eigenvalue weighted by atomic mass is 9.75. The van der Waals surface area contributed by atoms with E-state index in [0.717, 1.165) is 10.6 Å². The molecule has 2 fully saturated rings. The minimum Gasteiger partial charge on any atom is -0.497 e. The molecule has 0 N–H and O–H groups in total. The Morgan fingerprint density at radius 3 is 2.34 bits per heavy atom. The van der Waals surface area contributed by atoms with Crippen LogP contribution >= 0.6 is 11.6 Å². The van der Waals surface area contributed by atoms with Gasteiger partial charge in [-0.3, -0.25) is 19.3 Å². The lowest BCUT2D eigenvalue weighted by Gasteiger charge is -2.37. The van der Waals surface area contributed by atoms with Crippen molar-refractivity contribution in [2.75, 3.05) is 45.2 Å². The number of likely N-dealkylation sites (N-methyl/N-ethyl adjacent to an activating group) is 1. The third-order valence-corrected chi connectivity index (χ3v) is 6.69. The average molecular weight is 456 g/mol. The first-order valence-corrected chi connectivity index (χ1v) is 11.0. The maximum Gasteiger partial charge on any atom is 0.240 e. The van der Waals surface area contributed by atoms with Crippen molar-refractivity contribution in [2.24, 2.45) is 0 Å². The fourth-order valence-electron chi connectivity index (χ4n) is 4.51. The number of anilines is 1. The van der Waals surface area contributed by atoms with E-state index < -0.39 is 5.41 Å². The second kappa shape index (κ2) is 8.82. The molecule has 0 saturated carbocycles. The van der Waals surface area contributed by atoms with Gasteiger partial charge in [-0.05, 0) is 42.0 Å². The SMILES string of the molecule is COc1cccc(C2(CC(=O)N3CCN(c4ccc(Cl)cc4)CC3)CC(=O)N(C)C2=O)c1. The van der Waals surface area contributed by atoms with Gasteiger partial charge in [0.1, 0.15) is 5.75 Å². The maximum absolute atomic E-state index is 13.3. The van der Waals surface area contributed by atoms with Crippen LogP contribution in [0.5, 0.6) is 5.75 Å². The molecule has 2 saturated heterocycles. The molecule has 2 heterocycles. The number of hydrogen-bond donors (Lipinski definition) is 0. The van der Waals surface area contributed by atoms with E-state index in [1.807, 2.05) is 24.3 Å². The lowest BCUT2D eigenvalue weighted by molar-refractivity contribution is -0.141. The topological polar surface area (TPSA) is 70.2 Å². The normalized spacial score (nSPS) is 21.3. The minimum atomic E-state index is -1.20. The van der Waals surface area contributed by atoms with Gasteiger partial charge in [-0.1, -0.05) is 23.7 Å². The van der Waals surface area contributed by atoms with E-state index in [0.29, 0.717) is 42.5 Å². The number of nitrogens with zero attached hydrogens (tertiary/aromatic N) is 3. The Bertz CT molecular complexity index is 1030. The van der Waals surface area contributed by atoms with E-state index in [1.54, 1.807) is 36.3 Å². The number of amides is 3. The highest BCUT2D eigenvalue weighted by atomic mass is 35.5. The number of hydrogen-bond acceptors (Lipinski definition) is 5. The first-order valence-electron chi connectivity index (χ1n) is 10.6. The third kappa shape index (κ3) is 4.05. The Morgan fingerprint density at radius 2 is 1.75 bits per heavy atom. The molecule has 0 spiro atoms. The summed E-state index contributed by atoms with van der Waals surface area (Å²) in [6.45, 7) is 2.47. The van der Waals surface area contributed by atoms with Crippen LogP contribution in [0.25, 0.3) is 0 Å². The first-order chi connectivity index (χ1) is 15.3. The van der Waals surface area contributed by atoms with Gasteiger partial charge in [-0.15, -0.1) is 0 Å². The van der Waals surface area contributed by atoms with E-state index in [9.17, 15) is 14.4 Å². The zero-order chi connectivity index (χ0) is 22.9. The fourth-order valence-corrected chi connectivity index (χ4v) is 4.63. The second-order valence-corrected chi connectivity index (χ2v) is 8.71. The second-order valence-electron chi connectivity index (χ2n) is 8.27. The number of ether oxygens (including phenoxy) is 1. The summed E-state index contributed by atoms with van der Waals surface area (Å²) < 4.78 is 5.31. The molecule has 1 unspecified atom stereocenters. The zero-order valence-corrected chi connectivity index (χ0v) is 19.0. The number of methoxy groups -OCH3 is 1. The van der Waals surface area contributed by atoms with Gasteiger partial charge >= 0.3 is 0 Å². The number of benzene rings is 2. The monoisotopic (exact) mass is 455 g/mol. The molecule has 0 aromatic heterocycles. The van der Waals surface area contributed by atoms with E-state index in [1.165, 1.54) is 7.05 Å². The van der Waals surface area contributed by atoms with Crippen molar-refractivity contribution in [1.82, 2.24) is 9.80 Å². The molecular formula is C24H26ClN3O4. The highest BCUT2D eigenvalue weighted by Crippen LogP contribution is 2.41. The highest BCUT2D eigenvalue weighted by molar-refractivity contribution is 6.30. The molecule has 32 heavy (non-hydrogen) atoms. The van der Waals surface area contributed by atoms with Crippen molar-refractivity contribution in [3.63, 3.8) is 0 Å². The van der Waals surface area contributed by atoms with Crippen molar-refractivity contribution in [2.45, 2.75) is 18.3 Å². The van der Waals surface area contributed by atoms with Crippen LogP contribution in [0.1, 0.15) is 18.4 Å². The van der Waals surface area contributed by atoms with Crippen LogP contribution in [0, 0.1) is 0 Å². The number of imide groups is 1. The van der Waals surface area contributed by atoms with Gasteiger partial charge < -0.3 is 14.5 Å². The van der Waals surface area contributed by atoms with E-state index >= 15 is 0 Å². The predicted molar refractivity (Wildman–Crippen MR) is 122 cm³/mol. The van der Waals surface area contributed by atoms with Crippen molar-refractivity contribution in [3.8, 4) is 5.75 Å². The summed E-state index contributed by atoms with van der Waals surface area (Å²) in [5.41, 5.74) is 0.491. The van der Waals surface area contributed by atoms with Gasteiger partial charge in [-0.25, -0.2) is 0 Å². The van der Waals surface area contributed by atoms with Gasteiger partial charge in [0.25, 0.3) is 0 Å². The standard InChI is InChI=1S/C24H26ClN3O4/c1-26-21(29)15-24(23(26)31,17-4-3-5-20(14-17)32-2)16-22(30)28-12-10-27(11-13-28)19-8-6-18(25)7-9-19/h3-9,14H,10-13,15-16H2,1-2H3. The summed E-state index contributed by atoms with van der Waals surface area (Å²) in [6, 6.07) is 14.7. The molecule has 2 aromatic carbocycles. The molecule has 7 nitrogen and oxygen atoms in total. The molecule has 168 valence electrons. The number of likely N-dealkylation sites (tertiary alicyclic amines) is 1. The van der Waals surface area contributed by atoms with E-state index in [4.69, 9.17) is 16.3 Å². The van der Waals surface area contributed by atoms with Crippen LogP contribution in [-0.4, -0.2) is 67.9 Å². The zero-order valence-electron chi connectivity index (χ0n) is 18.2. The number of piperazine rings is 1. The molecule has 2 aliphatic rings. The van der Waals surface area contributed by atoms with Crippen LogP contribution in [0.2, 0.25) is 5.02 Å². The molecule has 3 amide bonds. The number of rotatable bonds is 5. The minimum absolute atomic E-state index is 0.0218. The molecule has 4 rings (SSSR count). The summed E-state index contributed by atoms with van der Waals surface area (Å²) in [5, 5.41) is 0.686. The first kappa shape index (κ1) is 22.1. The molecular weight excluding hydrogens is 430 g/mol. The molecule has 2 aliphatic heterocycles. The van der Waals surface area contributed by atoms with Crippen molar-refractivity contribution in [3.05, 3.63) is 59.1 Å². The Labute approximate surface area is 192 Å². The largest absolute Gasteiger partial charge is 0.497 e. The van der Waals surface area contributed by atoms with Gasteiger partial charge in [0, 0.05) is 56.8 Å². The molecule has 1 atom stereocenters. The summed E-state index contributed by atoms with van der Waals surface area (Å²) in [4.78, 5) is 44.1. The van der Waals surface area contributed by atoms with Crippen LogP contribution in [0.3, 0.4) is 0 Å². The van der Waals surface area contributed by atoms with Crippen LogP contribution < -0.4 is 9.64 Å². The Hall–Kier alpha value is -3.06. The summed E-state index contributed by atoms with van der Waals surface area (Å²) in [6.07, 6.45) is -0.0675. The van der Waals surface area contributed by atoms with Crippen LogP contribution in [0.15, 0.2) is 48.5 Å². The smallest absolute Gasteiger partial charge is 0.240 e. The molecule has 0 radical (unpaired) electrons. The Kier molecular flexibility index (Phi) is 6.11. The van der Waals surface area contributed by atoms with Gasteiger partial charge in [0.05, 0.1) is 12.5 Å². The number of carbonyl (C=O) groups excluding carboxylic acids is 3. The molecule has 2 aromatic rings. The maximum atomic E-state index is 13.3. The van der Waals surface area contributed by atoms with Crippen molar-refractivity contribution < 1.29 is 19.1 Å². The molecule has 0 bridgehead atoms. The summed E-state index contributed by atoms with van der Waals surface area (Å²) in [5.74, 6) is -0.164. The van der Waals surface area contributed by atoms with Gasteiger partial charge in [0.15, 0.2) is 0 Å². The third-order valence-electron chi connectivity index (χ3n) is 6.44. The summed E-state index contributed by atoms with van der Waals surface area (Å²) in [7, 11) is 3.02. The lowest BCUT2D eigenvalue weighted by Crippen LogP contribution is -2.51. The fraction of sp³-hybridized carbons (Fsp3) is 0.375. The van der Waals surface area contributed by atoms with Gasteiger partial charge in [0.2, 0.25) is 17.7 Å². The van der Waals surface area contributed by atoms with E-state index in [2.05, 4.69) is 4.90 Å². The number of halogens is 1. The Balaban J connectivity index is 1.52. The average Bonchev–Trinajstić information content (AvgIpc) is 3.04. The van der Waals surface area contributed by atoms with Crippen LogP contribution in [0.4, 0.5) is 5.69 Å². The number of carbonyl (C=O) groups is 3. The van der Waals surface area contributed by atoms with Crippen molar-refractivity contribution in [1.29, 1.82) is 0 Å². The predicted octanol–water partition coefficient (Wildman–Crippen LogP) is 2.71. The Morgan fingerprint density at radius 1 is 1.06 bits per heavy atom. The van der Waals surface area contributed by atoms with Crippen molar-refractivity contribution >= 4 is 35.0 Å². The quantitative estimate of drug-likeness (QED) is 0.648. The van der Waals surface area contributed by atoms with Crippen LogP contribution in [-0.2, 0) is 19.8 Å². The highest BCUT2D eigenvalue weighted by Gasteiger charge is 2.53.